The van der Waals surface area contributed by atoms with Crippen molar-refractivity contribution >= 4 is 39.5 Å². The highest BCUT2D eigenvalue weighted by molar-refractivity contribution is 6.16. The Morgan fingerprint density at radius 3 is 2.18 bits per heavy atom. The number of benzene rings is 2. The molecule has 2 aromatic heterocycles. The Balaban J connectivity index is 0.000000383. The molecule has 0 saturated heterocycles. The molecule has 9 nitrogen and oxygen atoms in total. The highest BCUT2D eigenvalue weighted by atomic mass is 19.4. The first-order valence-electron chi connectivity index (χ1n) is 9.31. The van der Waals surface area contributed by atoms with Crippen molar-refractivity contribution < 1.29 is 32.5 Å². The normalized spacial score (nSPS) is 11.2. The molecule has 0 unspecified atom stereocenters. The van der Waals surface area contributed by atoms with E-state index in [4.69, 9.17) is 30.8 Å². The monoisotopic (exact) mass is 463 g/mol. The third-order valence-electron chi connectivity index (χ3n) is 4.80. The number of alkyl halides is 3. The van der Waals surface area contributed by atoms with Gasteiger partial charge in [-0.3, -0.25) is 0 Å². The third kappa shape index (κ3) is 4.40. The van der Waals surface area contributed by atoms with Crippen LogP contribution in [0.1, 0.15) is 0 Å². The molecular formula is C21H20F3N5O4. The minimum atomic E-state index is -5.08. The van der Waals surface area contributed by atoms with Crippen LogP contribution in [0.5, 0.6) is 11.5 Å². The second-order valence-electron chi connectivity index (χ2n) is 6.81. The lowest BCUT2D eigenvalue weighted by atomic mass is 9.98. The second kappa shape index (κ2) is 8.73. The van der Waals surface area contributed by atoms with E-state index in [-0.39, 0.29) is 5.95 Å². The van der Waals surface area contributed by atoms with Crippen LogP contribution < -0.4 is 20.9 Å². The minimum Gasteiger partial charge on any atom is -0.496 e. The summed E-state index contributed by atoms with van der Waals surface area (Å²) in [6.07, 6.45) is -3.11. The lowest BCUT2D eigenvalue weighted by Crippen LogP contribution is -2.21. The molecule has 4 rings (SSSR count). The van der Waals surface area contributed by atoms with E-state index in [1.807, 2.05) is 48.1 Å². The van der Waals surface area contributed by atoms with E-state index in [1.54, 1.807) is 14.2 Å². The van der Waals surface area contributed by atoms with Crippen molar-refractivity contribution in [2.24, 2.45) is 7.05 Å². The van der Waals surface area contributed by atoms with Crippen molar-refractivity contribution in [3.05, 3.63) is 36.5 Å². The number of carboxylic acid groups (broad SMARTS) is 1. The molecule has 174 valence electrons. The van der Waals surface area contributed by atoms with Gasteiger partial charge in [0.1, 0.15) is 17.3 Å². The van der Waals surface area contributed by atoms with Gasteiger partial charge in [0.15, 0.2) is 0 Å². The van der Waals surface area contributed by atoms with Crippen LogP contribution in [0.3, 0.4) is 0 Å². The number of halogens is 3. The number of nitrogen functional groups attached to an aromatic ring is 2. The number of carboxylic acids is 1. The lowest BCUT2D eigenvalue weighted by molar-refractivity contribution is -0.192. The summed E-state index contributed by atoms with van der Waals surface area (Å²) in [5, 5.41) is 8.86. The number of hydrogen-bond donors (Lipinski definition) is 3. The average Bonchev–Trinajstić information content (AvgIpc) is 3.13. The molecule has 0 aliphatic heterocycles. The largest absolute Gasteiger partial charge is 0.496 e. The Kier molecular flexibility index (Phi) is 6.20. The third-order valence-corrected chi connectivity index (χ3v) is 4.80. The van der Waals surface area contributed by atoms with Crippen molar-refractivity contribution in [3.63, 3.8) is 0 Å². The first kappa shape index (κ1) is 23.4. The summed E-state index contributed by atoms with van der Waals surface area (Å²) in [5.74, 6) is -0.833. The molecule has 0 saturated carbocycles. The molecule has 0 bridgehead atoms. The molecule has 33 heavy (non-hydrogen) atoms. The van der Waals surface area contributed by atoms with Gasteiger partial charge in [0.2, 0.25) is 5.95 Å². The van der Waals surface area contributed by atoms with Gasteiger partial charge in [0, 0.05) is 24.2 Å². The lowest BCUT2D eigenvalue weighted by Gasteiger charge is -2.16. The zero-order valence-corrected chi connectivity index (χ0v) is 17.8. The Bertz CT molecular complexity index is 1330. The quantitative estimate of drug-likeness (QED) is 0.419. The van der Waals surface area contributed by atoms with Gasteiger partial charge in [0.05, 0.1) is 36.2 Å². The summed E-state index contributed by atoms with van der Waals surface area (Å²) in [6, 6.07) is 9.65. The number of hydrogen-bond acceptors (Lipinski definition) is 7. The van der Waals surface area contributed by atoms with Crippen molar-refractivity contribution in [1.82, 2.24) is 14.5 Å². The van der Waals surface area contributed by atoms with Gasteiger partial charge in [-0.25, -0.2) is 9.78 Å². The van der Waals surface area contributed by atoms with Crippen LogP contribution in [-0.2, 0) is 11.8 Å². The maximum atomic E-state index is 10.6. The fourth-order valence-electron chi connectivity index (χ4n) is 3.47. The van der Waals surface area contributed by atoms with Crippen LogP contribution in [0.25, 0.3) is 32.9 Å². The highest BCUT2D eigenvalue weighted by Crippen LogP contribution is 2.44. The number of fused-ring (bicyclic) bond motifs is 3. The van der Waals surface area contributed by atoms with E-state index in [2.05, 4.69) is 9.97 Å². The zero-order valence-electron chi connectivity index (χ0n) is 17.8. The number of carbonyl (C=O) groups is 1. The first-order valence-corrected chi connectivity index (χ1v) is 9.31. The number of aryl methyl sites for hydroxylation is 1. The predicted octanol–water partition coefficient (Wildman–Crippen LogP) is 3.60. The smallest absolute Gasteiger partial charge is 0.490 e. The summed E-state index contributed by atoms with van der Waals surface area (Å²) in [4.78, 5) is 17.4. The van der Waals surface area contributed by atoms with Crippen LogP contribution in [0.2, 0.25) is 0 Å². The van der Waals surface area contributed by atoms with Gasteiger partial charge in [0.25, 0.3) is 0 Å². The topological polar surface area (TPSA) is 139 Å². The van der Waals surface area contributed by atoms with Crippen molar-refractivity contribution in [2.45, 2.75) is 6.18 Å². The highest BCUT2D eigenvalue weighted by Gasteiger charge is 2.38. The van der Waals surface area contributed by atoms with Crippen LogP contribution >= 0.6 is 0 Å². The van der Waals surface area contributed by atoms with Gasteiger partial charge in [-0.1, -0.05) is 6.07 Å². The average molecular weight is 463 g/mol. The predicted molar refractivity (Wildman–Crippen MR) is 117 cm³/mol. The number of methoxy groups -OCH3 is 2. The van der Waals surface area contributed by atoms with Crippen LogP contribution in [0.4, 0.5) is 24.9 Å². The Morgan fingerprint density at radius 1 is 1.09 bits per heavy atom. The molecule has 12 heteroatoms. The fourth-order valence-corrected chi connectivity index (χ4v) is 3.47. The van der Waals surface area contributed by atoms with Crippen LogP contribution in [0, 0.1) is 0 Å². The van der Waals surface area contributed by atoms with Gasteiger partial charge in [-0.15, -0.1) is 0 Å². The molecule has 0 fully saturated rings. The molecule has 0 aliphatic rings. The van der Waals surface area contributed by atoms with E-state index in [0.717, 1.165) is 27.4 Å². The van der Waals surface area contributed by atoms with E-state index in [0.29, 0.717) is 22.8 Å². The molecule has 4 aromatic rings. The second-order valence-corrected chi connectivity index (χ2v) is 6.81. The van der Waals surface area contributed by atoms with Crippen molar-refractivity contribution in [1.29, 1.82) is 0 Å². The molecule has 0 radical (unpaired) electrons. The number of aliphatic carboxylic acids is 1. The maximum absolute atomic E-state index is 10.6. The number of aromatic nitrogens is 3. The van der Waals surface area contributed by atoms with Gasteiger partial charge >= 0.3 is 12.1 Å². The maximum Gasteiger partial charge on any atom is 0.490 e. The van der Waals surface area contributed by atoms with Gasteiger partial charge in [-0.05, 0) is 24.3 Å². The molecular weight excluding hydrogens is 443 g/mol. The van der Waals surface area contributed by atoms with E-state index in [9.17, 15) is 13.2 Å². The summed E-state index contributed by atoms with van der Waals surface area (Å²) in [6.45, 7) is 0. The van der Waals surface area contributed by atoms with Gasteiger partial charge < -0.3 is 30.6 Å². The molecule has 2 aromatic carbocycles. The summed E-state index contributed by atoms with van der Waals surface area (Å²) < 4.78 is 45.0. The minimum absolute atomic E-state index is 0.142. The standard InChI is InChI=1S/C19H19N5O2.C2HF3O2/c1-24-8-7-10-15-12(22-19(21)23-18(15)20)9-11(17(10)24)16-13(25-2)5-4-6-14(16)26-3;3-2(4,5)1(6)7/h4-9H,1-3H3,(H4,20,21,22,23);(H,6,7). The Hall–Kier alpha value is -4.22. The number of anilines is 2. The van der Waals surface area contributed by atoms with E-state index in [1.165, 1.54) is 0 Å². The molecule has 0 atom stereocenters. The molecule has 0 spiro atoms. The van der Waals surface area contributed by atoms with Crippen molar-refractivity contribution in [2.75, 3.05) is 25.7 Å². The molecule has 0 amide bonds. The number of nitrogens with two attached hydrogens (primary N) is 2. The number of rotatable bonds is 3. The van der Waals surface area contributed by atoms with E-state index >= 15 is 0 Å². The van der Waals surface area contributed by atoms with Crippen molar-refractivity contribution in [3.8, 4) is 22.6 Å². The molecule has 0 aliphatic carbocycles. The molecule has 5 N–H and O–H groups in total. The number of nitrogens with zero attached hydrogens (tertiary/aromatic N) is 3. The summed E-state index contributed by atoms with van der Waals surface area (Å²) >= 11 is 0. The van der Waals surface area contributed by atoms with Crippen LogP contribution in [0.15, 0.2) is 36.5 Å². The van der Waals surface area contributed by atoms with Crippen LogP contribution in [-0.4, -0.2) is 46.0 Å². The SMILES string of the molecule is COc1cccc(OC)c1-c1cc2nc(N)nc(N)c2c2ccn(C)c12.O=C(O)C(F)(F)F. The molecule has 2 heterocycles. The first-order chi connectivity index (χ1) is 15.5. The Labute approximate surface area is 185 Å². The number of ether oxygens (including phenoxy) is 2. The zero-order chi connectivity index (χ0) is 24.5. The Morgan fingerprint density at radius 2 is 1.67 bits per heavy atom. The summed E-state index contributed by atoms with van der Waals surface area (Å²) in [5.41, 5.74) is 15.4. The van der Waals surface area contributed by atoms with Gasteiger partial charge in [-0.2, -0.15) is 18.2 Å². The fraction of sp³-hybridized carbons (Fsp3) is 0.190. The summed E-state index contributed by atoms with van der Waals surface area (Å²) in [7, 11) is 5.26. The van der Waals surface area contributed by atoms with E-state index < -0.39 is 12.1 Å².